The number of nitrogens with zero attached hydrogens (tertiary/aromatic N) is 1. The fraction of sp³-hybridized carbons (Fsp3) is 0.545. The molecule has 0 aromatic carbocycles. The van der Waals surface area contributed by atoms with Crippen LogP contribution in [0.1, 0.15) is 22.5 Å². The first-order valence-electron chi connectivity index (χ1n) is 5.23. The third-order valence-corrected chi connectivity index (χ3v) is 3.76. The molecule has 1 aromatic rings. The summed E-state index contributed by atoms with van der Waals surface area (Å²) in [4.78, 5) is 13.6. The van der Waals surface area contributed by atoms with Crippen molar-refractivity contribution < 1.29 is 9.90 Å². The number of carbonyl (C=O) groups is 1. The summed E-state index contributed by atoms with van der Waals surface area (Å²) in [6.07, 6.45) is 2.93. The summed E-state index contributed by atoms with van der Waals surface area (Å²) in [5.74, 6) is 0.606. The van der Waals surface area contributed by atoms with Gasteiger partial charge in [0.2, 0.25) is 0 Å². The Kier molecular flexibility index (Phi) is 3.38. The first kappa shape index (κ1) is 10.6. The molecule has 1 aliphatic rings. The van der Waals surface area contributed by atoms with Crippen LogP contribution in [0.2, 0.25) is 0 Å². The molecule has 0 aliphatic carbocycles. The van der Waals surface area contributed by atoms with Crippen LogP contribution in [-0.4, -0.2) is 31.1 Å². The number of aliphatic hydroxyl groups is 1. The lowest BCUT2D eigenvalue weighted by Crippen LogP contribution is -2.19. The Hall–Kier alpha value is -0.870. The van der Waals surface area contributed by atoms with Crippen molar-refractivity contribution in [2.75, 3.05) is 24.6 Å². The molecule has 1 fully saturated rings. The van der Waals surface area contributed by atoms with E-state index in [2.05, 4.69) is 4.90 Å². The monoisotopic (exact) mass is 225 g/mol. The van der Waals surface area contributed by atoms with Crippen LogP contribution in [0.5, 0.6) is 0 Å². The van der Waals surface area contributed by atoms with Gasteiger partial charge in [0, 0.05) is 30.8 Å². The molecule has 2 rings (SSSR count). The molecule has 0 spiro atoms. The molecule has 0 saturated carbocycles. The van der Waals surface area contributed by atoms with Gasteiger partial charge in [0.25, 0.3) is 0 Å². The fourth-order valence-electron chi connectivity index (χ4n) is 2.06. The van der Waals surface area contributed by atoms with E-state index in [-0.39, 0.29) is 6.61 Å². The predicted octanol–water partition coefficient (Wildman–Crippen LogP) is 1.77. The molecule has 0 radical (unpaired) electrons. The largest absolute Gasteiger partial charge is 0.396 e. The van der Waals surface area contributed by atoms with E-state index in [1.807, 2.05) is 11.4 Å². The van der Waals surface area contributed by atoms with Gasteiger partial charge in [-0.25, -0.2) is 0 Å². The zero-order chi connectivity index (χ0) is 10.7. The average molecular weight is 225 g/mol. The second-order valence-electron chi connectivity index (χ2n) is 3.94. The van der Waals surface area contributed by atoms with Gasteiger partial charge in [-0.1, -0.05) is 0 Å². The molecular formula is C11H15NO2S. The van der Waals surface area contributed by atoms with Gasteiger partial charge in [-0.05, 0) is 24.8 Å². The molecule has 4 heteroatoms. The highest BCUT2D eigenvalue weighted by atomic mass is 32.1. The minimum atomic E-state index is 0.279. The highest BCUT2D eigenvalue weighted by molar-refractivity contribution is 7.12. The normalized spacial score (nSPS) is 20.9. The van der Waals surface area contributed by atoms with Crippen LogP contribution in [0.3, 0.4) is 0 Å². The van der Waals surface area contributed by atoms with Gasteiger partial charge in [-0.3, -0.25) is 4.79 Å². The third-order valence-electron chi connectivity index (χ3n) is 2.91. The predicted molar refractivity (Wildman–Crippen MR) is 61.7 cm³/mol. The fourth-order valence-corrected chi connectivity index (χ4v) is 2.77. The molecule has 1 aliphatic heterocycles. The van der Waals surface area contributed by atoms with Crippen LogP contribution in [0, 0.1) is 5.92 Å². The zero-order valence-corrected chi connectivity index (χ0v) is 9.37. The minimum Gasteiger partial charge on any atom is -0.396 e. The summed E-state index contributed by atoms with van der Waals surface area (Å²) in [6.45, 7) is 2.33. The summed E-state index contributed by atoms with van der Waals surface area (Å²) >= 11 is 1.49. The number of hydrogen-bond donors (Lipinski definition) is 1. The third kappa shape index (κ3) is 2.38. The number of hydrogen-bond acceptors (Lipinski definition) is 4. The lowest BCUT2D eigenvalue weighted by atomic mass is 10.1. The van der Waals surface area contributed by atoms with Crippen molar-refractivity contribution in [1.82, 2.24) is 0 Å². The van der Waals surface area contributed by atoms with Gasteiger partial charge in [0.05, 0.1) is 4.88 Å². The lowest BCUT2D eigenvalue weighted by molar-refractivity contribution is 0.112. The van der Waals surface area contributed by atoms with Gasteiger partial charge in [0.1, 0.15) is 0 Å². The van der Waals surface area contributed by atoms with E-state index in [0.717, 1.165) is 42.8 Å². The Morgan fingerprint density at radius 3 is 3.20 bits per heavy atom. The Morgan fingerprint density at radius 2 is 2.53 bits per heavy atom. The van der Waals surface area contributed by atoms with Crippen LogP contribution in [-0.2, 0) is 0 Å². The topological polar surface area (TPSA) is 40.5 Å². The number of aliphatic hydroxyl groups excluding tert-OH is 1. The van der Waals surface area contributed by atoms with E-state index in [4.69, 9.17) is 5.11 Å². The summed E-state index contributed by atoms with van der Waals surface area (Å²) in [6, 6.07) is 1.94. The number of carbonyl (C=O) groups excluding carboxylic acids is 1. The maximum Gasteiger partial charge on any atom is 0.160 e. The smallest absolute Gasteiger partial charge is 0.160 e. The van der Waals surface area contributed by atoms with Crippen molar-refractivity contribution in [3.63, 3.8) is 0 Å². The molecule has 2 heterocycles. The van der Waals surface area contributed by atoms with Crippen molar-refractivity contribution >= 4 is 23.3 Å². The van der Waals surface area contributed by atoms with Gasteiger partial charge < -0.3 is 10.0 Å². The number of anilines is 1. The molecule has 0 amide bonds. The molecule has 1 aromatic heterocycles. The van der Waals surface area contributed by atoms with Gasteiger partial charge in [-0.15, -0.1) is 11.3 Å². The van der Waals surface area contributed by atoms with E-state index in [9.17, 15) is 4.79 Å². The Balaban J connectivity index is 1.98. The molecule has 1 unspecified atom stereocenters. The number of aldehydes is 1. The van der Waals surface area contributed by atoms with Crippen LogP contribution in [0.25, 0.3) is 0 Å². The standard InChI is InChI=1S/C11H15NO2S/c13-4-2-9-1-3-12(6-9)10-5-11(7-14)15-8-10/h5,7-9,13H,1-4,6H2. The van der Waals surface area contributed by atoms with Crippen molar-refractivity contribution in [3.8, 4) is 0 Å². The molecule has 3 nitrogen and oxygen atoms in total. The zero-order valence-electron chi connectivity index (χ0n) is 8.56. The maximum absolute atomic E-state index is 10.6. The Labute approximate surface area is 93.3 Å². The molecule has 1 saturated heterocycles. The van der Waals surface area contributed by atoms with Crippen molar-refractivity contribution in [2.24, 2.45) is 5.92 Å². The highest BCUT2D eigenvalue weighted by Gasteiger charge is 2.22. The van der Waals surface area contributed by atoms with Crippen molar-refractivity contribution in [2.45, 2.75) is 12.8 Å². The quantitative estimate of drug-likeness (QED) is 0.794. The number of thiophene rings is 1. The summed E-state index contributed by atoms with van der Waals surface area (Å²) in [5.41, 5.74) is 1.16. The first-order chi connectivity index (χ1) is 7.33. The van der Waals surface area contributed by atoms with E-state index in [1.165, 1.54) is 11.3 Å². The highest BCUT2D eigenvalue weighted by Crippen LogP contribution is 2.28. The van der Waals surface area contributed by atoms with E-state index < -0.39 is 0 Å². The Bertz CT molecular complexity index is 337. The first-order valence-corrected chi connectivity index (χ1v) is 6.11. The summed E-state index contributed by atoms with van der Waals surface area (Å²) in [5, 5.41) is 10.9. The van der Waals surface area contributed by atoms with Crippen LogP contribution < -0.4 is 4.90 Å². The van der Waals surface area contributed by atoms with Gasteiger partial charge in [0.15, 0.2) is 6.29 Å². The molecule has 82 valence electrons. The summed E-state index contributed by atoms with van der Waals surface area (Å²) < 4.78 is 0. The molecule has 0 bridgehead atoms. The molecule has 1 atom stereocenters. The van der Waals surface area contributed by atoms with Crippen LogP contribution in [0.15, 0.2) is 11.4 Å². The van der Waals surface area contributed by atoms with Gasteiger partial charge in [-0.2, -0.15) is 0 Å². The number of rotatable bonds is 4. The van der Waals surface area contributed by atoms with E-state index in [0.29, 0.717) is 5.92 Å². The van der Waals surface area contributed by atoms with Crippen LogP contribution >= 0.6 is 11.3 Å². The second kappa shape index (κ2) is 4.77. The summed E-state index contributed by atoms with van der Waals surface area (Å²) in [7, 11) is 0. The minimum absolute atomic E-state index is 0.279. The van der Waals surface area contributed by atoms with Gasteiger partial charge >= 0.3 is 0 Å². The second-order valence-corrected chi connectivity index (χ2v) is 4.88. The maximum atomic E-state index is 10.6. The lowest BCUT2D eigenvalue weighted by Gasteiger charge is -2.16. The van der Waals surface area contributed by atoms with E-state index in [1.54, 1.807) is 0 Å². The average Bonchev–Trinajstić information content (AvgIpc) is 2.85. The van der Waals surface area contributed by atoms with Crippen molar-refractivity contribution in [1.29, 1.82) is 0 Å². The van der Waals surface area contributed by atoms with E-state index >= 15 is 0 Å². The molecule has 1 N–H and O–H groups in total. The SMILES string of the molecule is O=Cc1cc(N2CCC(CCO)C2)cs1. The van der Waals surface area contributed by atoms with Crippen molar-refractivity contribution in [3.05, 3.63) is 16.3 Å². The molecule has 15 heavy (non-hydrogen) atoms. The molecular weight excluding hydrogens is 210 g/mol. The van der Waals surface area contributed by atoms with Crippen LogP contribution in [0.4, 0.5) is 5.69 Å². The Morgan fingerprint density at radius 1 is 1.67 bits per heavy atom.